The highest BCUT2D eigenvalue weighted by Crippen LogP contribution is 2.23. The summed E-state index contributed by atoms with van der Waals surface area (Å²) >= 11 is 0. The predicted octanol–water partition coefficient (Wildman–Crippen LogP) is 2.06. The van der Waals surface area contributed by atoms with Crippen LogP contribution in [-0.2, 0) is 9.53 Å². The third-order valence-corrected chi connectivity index (χ3v) is 4.32. The zero-order valence-corrected chi connectivity index (χ0v) is 12.1. The SMILES string of the molecule is CCC(OC1CCCCC1)C(=O)N1CCCC(N)C1. The fraction of sp³-hybridized carbons (Fsp3) is 0.933. The summed E-state index contributed by atoms with van der Waals surface area (Å²) in [5, 5.41) is 0. The molecule has 4 nitrogen and oxygen atoms in total. The molecule has 1 saturated heterocycles. The third-order valence-electron chi connectivity index (χ3n) is 4.32. The van der Waals surface area contributed by atoms with E-state index in [1.54, 1.807) is 0 Å². The van der Waals surface area contributed by atoms with E-state index in [9.17, 15) is 4.79 Å². The number of likely N-dealkylation sites (tertiary alicyclic amines) is 1. The van der Waals surface area contributed by atoms with Gasteiger partial charge in [0, 0.05) is 19.1 Å². The topological polar surface area (TPSA) is 55.6 Å². The van der Waals surface area contributed by atoms with E-state index in [0.29, 0.717) is 12.6 Å². The maximum atomic E-state index is 12.5. The first-order valence-corrected chi connectivity index (χ1v) is 7.90. The zero-order valence-electron chi connectivity index (χ0n) is 12.1. The number of nitrogens with two attached hydrogens (primary N) is 1. The lowest BCUT2D eigenvalue weighted by atomic mass is 9.97. The van der Waals surface area contributed by atoms with Crippen LogP contribution < -0.4 is 5.73 Å². The van der Waals surface area contributed by atoms with Crippen molar-refractivity contribution < 1.29 is 9.53 Å². The van der Waals surface area contributed by atoms with Gasteiger partial charge in [-0.3, -0.25) is 4.79 Å². The zero-order chi connectivity index (χ0) is 13.7. The number of hydrogen-bond donors (Lipinski definition) is 1. The summed E-state index contributed by atoms with van der Waals surface area (Å²) in [6, 6.07) is 0.143. The van der Waals surface area contributed by atoms with E-state index >= 15 is 0 Å². The summed E-state index contributed by atoms with van der Waals surface area (Å²) in [6.45, 7) is 3.58. The number of carbonyl (C=O) groups excluding carboxylic acids is 1. The molecule has 1 heterocycles. The molecule has 0 bridgehead atoms. The molecular weight excluding hydrogens is 240 g/mol. The van der Waals surface area contributed by atoms with Crippen molar-refractivity contribution in [3.63, 3.8) is 0 Å². The van der Waals surface area contributed by atoms with E-state index in [-0.39, 0.29) is 18.1 Å². The van der Waals surface area contributed by atoms with E-state index in [1.807, 2.05) is 11.8 Å². The van der Waals surface area contributed by atoms with Gasteiger partial charge in [0.1, 0.15) is 6.10 Å². The minimum Gasteiger partial charge on any atom is -0.365 e. The normalized spacial score (nSPS) is 27.3. The average Bonchev–Trinajstić information content (AvgIpc) is 2.45. The summed E-state index contributed by atoms with van der Waals surface area (Å²) in [7, 11) is 0. The fourth-order valence-electron chi connectivity index (χ4n) is 3.18. The number of piperidine rings is 1. The lowest BCUT2D eigenvalue weighted by Crippen LogP contribution is -2.50. The van der Waals surface area contributed by atoms with Gasteiger partial charge in [-0.1, -0.05) is 26.2 Å². The number of nitrogens with zero attached hydrogens (tertiary/aromatic N) is 1. The molecule has 1 aliphatic carbocycles. The molecule has 2 atom stereocenters. The van der Waals surface area contributed by atoms with Gasteiger partial charge in [0.15, 0.2) is 0 Å². The Balaban J connectivity index is 1.86. The Morgan fingerprint density at radius 3 is 2.63 bits per heavy atom. The molecule has 0 radical (unpaired) electrons. The molecule has 1 aliphatic heterocycles. The predicted molar refractivity (Wildman–Crippen MR) is 75.8 cm³/mol. The Morgan fingerprint density at radius 1 is 1.26 bits per heavy atom. The summed E-state index contributed by atoms with van der Waals surface area (Å²) in [6.07, 6.45) is 8.87. The van der Waals surface area contributed by atoms with Crippen LogP contribution in [0, 0.1) is 0 Å². The summed E-state index contributed by atoms with van der Waals surface area (Å²) < 4.78 is 6.06. The largest absolute Gasteiger partial charge is 0.365 e. The van der Waals surface area contributed by atoms with Gasteiger partial charge in [0.05, 0.1) is 6.10 Å². The van der Waals surface area contributed by atoms with E-state index < -0.39 is 0 Å². The molecule has 0 aromatic rings. The first-order chi connectivity index (χ1) is 9.20. The molecule has 0 aromatic carbocycles. The first kappa shape index (κ1) is 14.8. The van der Waals surface area contributed by atoms with Gasteiger partial charge < -0.3 is 15.4 Å². The lowest BCUT2D eigenvalue weighted by Gasteiger charge is -2.34. The maximum Gasteiger partial charge on any atom is 0.251 e. The summed E-state index contributed by atoms with van der Waals surface area (Å²) in [5.41, 5.74) is 5.95. The molecule has 19 heavy (non-hydrogen) atoms. The molecule has 2 unspecified atom stereocenters. The molecule has 2 fully saturated rings. The quantitative estimate of drug-likeness (QED) is 0.849. The standard InChI is InChI=1S/C15H28N2O2/c1-2-14(19-13-8-4-3-5-9-13)15(18)17-10-6-7-12(16)11-17/h12-14H,2-11,16H2,1H3. The smallest absolute Gasteiger partial charge is 0.251 e. The Hall–Kier alpha value is -0.610. The Bertz CT molecular complexity index is 290. The van der Waals surface area contributed by atoms with Crippen LogP contribution in [-0.4, -0.2) is 42.1 Å². The van der Waals surface area contributed by atoms with Gasteiger partial charge in [-0.15, -0.1) is 0 Å². The van der Waals surface area contributed by atoms with Gasteiger partial charge in [-0.2, -0.15) is 0 Å². The van der Waals surface area contributed by atoms with Crippen LogP contribution in [0.1, 0.15) is 58.3 Å². The fourth-order valence-corrected chi connectivity index (χ4v) is 3.18. The molecule has 4 heteroatoms. The van der Waals surface area contributed by atoms with Crippen LogP contribution in [0.25, 0.3) is 0 Å². The summed E-state index contributed by atoms with van der Waals surface area (Å²) in [5.74, 6) is 0.156. The second-order valence-corrected chi connectivity index (χ2v) is 5.98. The van der Waals surface area contributed by atoms with Crippen LogP contribution in [0.15, 0.2) is 0 Å². The van der Waals surface area contributed by atoms with Crippen molar-refractivity contribution in [2.24, 2.45) is 5.73 Å². The number of hydrogen-bond acceptors (Lipinski definition) is 3. The van der Waals surface area contributed by atoms with Gasteiger partial charge in [0.25, 0.3) is 5.91 Å². The van der Waals surface area contributed by atoms with E-state index in [1.165, 1.54) is 19.3 Å². The minimum absolute atomic E-state index is 0.143. The minimum atomic E-state index is -0.256. The van der Waals surface area contributed by atoms with Crippen molar-refractivity contribution >= 4 is 5.91 Å². The van der Waals surface area contributed by atoms with E-state index in [2.05, 4.69) is 0 Å². The second-order valence-electron chi connectivity index (χ2n) is 5.98. The van der Waals surface area contributed by atoms with E-state index in [4.69, 9.17) is 10.5 Å². The number of rotatable bonds is 4. The Morgan fingerprint density at radius 2 is 2.00 bits per heavy atom. The highest BCUT2D eigenvalue weighted by Gasteiger charge is 2.29. The van der Waals surface area contributed by atoms with Crippen LogP contribution in [0.4, 0.5) is 0 Å². The van der Waals surface area contributed by atoms with Gasteiger partial charge in [-0.05, 0) is 32.1 Å². The summed E-state index contributed by atoms with van der Waals surface area (Å²) in [4.78, 5) is 14.4. The van der Waals surface area contributed by atoms with Crippen molar-refractivity contribution in [3.8, 4) is 0 Å². The van der Waals surface area contributed by atoms with Crippen molar-refractivity contribution in [2.75, 3.05) is 13.1 Å². The highest BCUT2D eigenvalue weighted by atomic mass is 16.5. The molecule has 2 aliphatic rings. The average molecular weight is 268 g/mol. The van der Waals surface area contributed by atoms with Gasteiger partial charge in [-0.25, -0.2) is 0 Å². The van der Waals surface area contributed by atoms with Gasteiger partial charge in [0.2, 0.25) is 0 Å². The molecular formula is C15H28N2O2. The van der Waals surface area contributed by atoms with Crippen LogP contribution in [0.2, 0.25) is 0 Å². The van der Waals surface area contributed by atoms with Crippen LogP contribution in [0.3, 0.4) is 0 Å². The monoisotopic (exact) mass is 268 g/mol. The Labute approximate surface area is 116 Å². The lowest BCUT2D eigenvalue weighted by molar-refractivity contribution is -0.150. The van der Waals surface area contributed by atoms with Gasteiger partial charge >= 0.3 is 0 Å². The van der Waals surface area contributed by atoms with Crippen molar-refractivity contribution in [3.05, 3.63) is 0 Å². The number of ether oxygens (including phenoxy) is 1. The van der Waals surface area contributed by atoms with Crippen LogP contribution >= 0.6 is 0 Å². The second kappa shape index (κ2) is 7.25. The highest BCUT2D eigenvalue weighted by molar-refractivity contribution is 5.81. The maximum absolute atomic E-state index is 12.5. The number of carbonyl (C=O) groups is 1. The van der Waals surface area contributed by atoms with Crippen LogP contribution in [0.5, 0.6) is 0 Å². The molecule has 110 valence electrons. The van der Waals surface area contributed by atoms with Crippen molar-refractivity contribution in [1.82, 2.24) is 4.90 Å². The first-order valence-electron chi connectivity index (χ1n) is 7.90. The molecule has 0 spiro atoms. The molecule has 0 aromatic heterocycles. The van der Waals surface area contributed by atoms with E-state index in [0.717, 1.165) is 38.6 Å². The molecule has 1 amide bonds. The van der Waals surface area contributed by atoms with Crippen molar-refractivity contribution in [1.29, 1.82) is 0 Å². The molecule has 2 rings (SSSR count). The third kappa shape index (κ3) is 4.18. The van der Waals surface area contributed by atoms with Crippen molar-refractivity contribution in [2.45, 2.75) is 76.5 Å². The Kier molecular flexibility index (Phi) is 5.64. The molecule has 1 saturated carbocycles. The molecule has 2 N–H and O–H groups in total. The number of amides is 1.